The Labute approximate surface area is 114 Å². The second-order valence-electron chi connectivity index (χ2n) is 4.22. The Morgan fingerprint density at radius 2 is 1.70 bits per heavy atom. The van der Waals surface area contributed by atoms with Gasteiger partial charge in [-0.25, -0.2) is 8.42 Å². The van der Waals surface area contributed by atoms with Crippen molar-refractivity contribution in [2.45, 2.75) is 30.3 Å². The summed E-state index contributed by atoms with van der Waals surface area (Å²) < 4.78 is 59.4. The van der Waals surface area contributed by atoms with Gasteiger partial charge in [0.25, 0.3) is 0 Å². The van der Waals surface area contributed by atoms with E-state index in [1.54, 1.807) is 0 Å². The van der Waals surface area contributed by atoms with E-state index in [9.17, 15) is 26.4 Å². The smallest absolute Gasteiger partial charge is 0.390 e. The summed E-state index contributed by atoms with van der Waals surface area (Å²) >= 11 is 0. The monoisotopic (exact) mass is 310 g/mol. The number of carbonyl (C=O) groups is 1. The molecule has 0 saturated carbocycles. The van der Waals surface area contributed by atoms with Crippen molar-refractivity contribution in [3.05, 3.63) is 29.8 Å². The highest BCUT2D eigenvalue weighted by atomic mass is 32.2. The predicted octanol–water partition coefficient (Wildman–Crippen LogP) is 2.43. The van der Waals surface area contributed by atoms with Crippen LogP contribution in [0, 0.1) is 0 Å². The first-order chi connectivity index (χ1) is 9.10. The number of alkyl halides is 3. The van der Waals surface area contributed by atoms with Gasteiger partial charge in [0, 0.05) is 6.42 Å². The van der Waals surface area contributed by atoms with Crippen LogP contribution in [0.3, 0.4) is 0 Å². The van der Waals surface area contributed by atoms with Crippen LogP contribution in [0.5, 0.6) is 0 Å². The van der Waals surface area contributed by atoms with Gasteiger partial charge in [0.15, 0.2) is 9.84 Å². The van der Waals surface area contributed by atoms with Gasteiger partial charge in [-0.15, -0.1) is 0 Å². The molecule has 0 aliphatic carbocycles. The quantitative estimate of drug-likeness (QED) is 0.876. The molecule has 20 heavy (non-hydrogen) atoms. The zero-order valence-corrected chi connectivity index (χ0v) is 11.2. The molecule has 4 nitrogen and oxygen atoms in total. The van der Waals surface area contributed by atoms with Gasteiger partial charge < -0.3 is 5.11 Å². The summed E-state index contributed by atoms with van der Waals surface area (Å²) in [4.78, 5) is 10.2. The summed E-state index contributed by atoms with van der Waals surface area (Å²) in [5.41, 5.74) is 0.613. The number of hydrogen-bond donors (Lipinski definition) is 1. The zero-order chi connectivity index (χ0) is 15.4. The molecule has 0 atom stereocenters. The second-order valence-corrected chi connectivity index (χ2v) is 6.33. The Kier molecular flexibility index (Phi) is 5.15. The molecule has 1 N–H and O–H groups in total. The summed E-state index contributed by atoms with van der Waals surface area (Å²) in [5, 5.41) is 8.50. The molecular weight excluding hydrogens is 297 g/mol. The van der Waals surface area contributed by atoms with E-state index in [2.05, 4.69) is 0 Å². The largest absolute Gasteiger partial charge is 0.481 e. The van der Waals surface area contributed by atoms with E-state index in [1.807, 2.05) is 0 Å². The molecule has 0 aliphatic heterocycles. The van der Waals surface area contributed by atoms with Crippen LogP contribution in [-0.4, -0.2) is 31.4 Å². The van der Waals surface area contributed by atoms with Crippen LogP contribution in [0.1, 0.15) is 18.4 Å². The average molecular weight is 310 g/mol. The van der Waals surface area contributed by atoms with Crippen molar-refractivity contribution in [1.29, 1.82) is 0 Å². The van der Waals surface area contributed by atoms with Crippen LogP contribution >= 0.6 is 0 Å². The highest BCUT2D eigenvalue weighted by Gasteiger charge is 2.30. The van der Waals surface area contributed by atoms with Crippen molar-refractivity contribution in [3.8, 4) is 0 Å². The number of sulfone groups is 1. The lowest BCUT2D eigenvalue weighted by Gasteiger charge is -2.08. The molecule has 0 fully saturated rings. The molecule has 112 valence electrons. The van der Waals surface area contributed by atoms with Gasteiger partial charge in [0.05, 0.1) is 17.1 Å². The number of halogens is 3. The van der Waals surface area contributed by atoms with Crippen LogP contribution in [0.4, 0.5) is 13.2 Å². The van der Waals surface area contributed by atoms with Crippen molar-refractivity contribution in [2.24, 2.45) is 0 Å². The topological polar surface area (TPSA) is 71.4 Å². The summed E-state index contributed by atoms with van der Waals surface area (Å²) in [6.07, 6.45) is -5.77. The number of aliphatic carboxylic acids is 1. The standard InChI is InChI=1S/C12H13F3O4S/c13-12(14,15)7-8-20(18,19)10-4-1-9(2-5-10)3-6-11(16)17/h1-2,4-5H,3,6-8H2,(H,16,17). The van der Waals surface area contributed by atoms with Crippen molar-refractivity contribution < 1.29 is 31.5 Å². The zero-order valence-electron chi connectivity index (χ0n) is 10.4. The fourth-order valence-electron chi connectivity index (χ4n) is 1.48. The fourth-order valence-corrected chi connectivity index (χ4v) is 2.77. The maximum Gasteiger partial charge on any atom is 0.390 e. The van der Waals surface area contributed by atoms with Gasteiger partial charge in [-0.3, -0.25) is 4.79 Å². The first-order valence-corrected chi connectivity index (χ1v) is 7.36. The van der Waals surface area contributed by atoms with E-state index in [4.69, 9.17) is 5.11 Å². The minimum Gasteiger partial charge on any atom is -0.481 e. The highest BCUT2D eigenvalue weighted by molar-refractivity contribution is 7.91. The average Bonchev–Trinajstić information content (AvgIpc) is 2.34. The van der Waals surface area contributed by atoms with E-state index >= 15 is 0 Å². The molecule has 0 unspecified atom stereocenters. The Morgan fingerprint density at radius 3 is 2.15 bits per heavy atom. The van der Waals surface area contributed by atoms with E-state index < -0.39 is 34.2 Å². The van der Waals surface area contributed by atoms with Gasteiger partial charge in [0.1, 0.15) is 0 Å². The number of benzene rings is 1. The minimum absolute atomic E-state index is 0.0971. The number of carboxylic acids is 1. The van der Waals surface area contributed by atoms with Crippen LogP contribution in [0.25, 0.3) is 0 Å². The molecule has 0 heterocycles. The molecule has 1 aromatic rings. The third-order valence-electron chi connectivity index (χ3n) is 2.56. The lowest BCUT2D eigenvalue weighted by molar-refractivity contribution is -0.137. The number of rotatable bonds is 6. The third kappa shape index (κ3) is 5.60. The molecule has 0 spiro atoms. The molecule has 0 aromatic heterocycles. The molecule has 0 aliphatic rings. The van der Waals surface area contributed by atoms with E-state index in [1.165, 1.54) is 24.3 Å². The second kappa shape index (κ2) is 6.25. The van der Waals surface area contributed by atoms with Gasteiger partial charge >= 0.3 is 12.1 Å². The molecule has 0 radical (unpaired) electrons. The molecule has 0 saturated heterocycles. The first kappa shape index (κ1) is 16.5. The van der Waals surface area contributed by atoms with E-state index in [0.717, 1.165) is 0 Å². The lowest BCUT2D eigenvalue weighted by atomic mass is 10.1. The summed E-state index contributed by atoms with van der Waals surface area (Å²) in [6.45, 7) is 0. The van der Waals surface area contributed by atoms with Crippen LogP contribution in [0.15, 0.2) is 29.2 Å². The van der Waals surface area contributed by atoms with Crippen LogP contribution in [-0.2, 0) is 21.1 Å². The highest BCUT2D eigenvalue weighted by Crippen LogP contribution is 2.23. The molecule has 1 aromatic carbocycles. The number of hydrogen-bond acceptors (Lipinski definition) is 3. The summed E-state index contributed by atoms with van der Waals surface area (Å²) in [7, 11) is -3.98. The summed E-state index contributed by atoms with van der Waals surface area (Å²) in [6, 6.07) is 5.21. The maximum absolute atomic E-state index is 12.0. The Bertz CT molecular complexity index is 561. The first-order valence-electron chi connectivity index (χ1n) is 5.70. The van der Waals surface area contributed by atoms with Crippen molar-refractivity contribution in [2.75, 3.05) is 5.75 Å². The number of carboxylic acid groups (broad SMARTS) is 1. The third-order valence-corrected chi connectivity index (χ3v) is 4.30. The fraction of sp³-hybridized carbons (Fsp3) is 0.417. The summed E-state index contributed by atoms with van der Waals surface area (Å²) in [5.74, 6) is -1.97. The van der Waals surface area contributed by atoms with Crippen molar-refractivity contribution in [1.82, 2.24) is 0 Å². The molecule has 0 amide bonds. The number of aryl methyl sites for hydroxylation is 1. The van der Waals surface area contributed by atoms with Crippen molar-refractivity contribution in [3.63, 3.8) is 0 Å². The van der Waals surface area contributed by atoms with Crippen LogP contribution < -0.4 is 0 Å². The van der Waals surface area contributed by atoms with E-state index in [-0.39, 0.29) is 17.7 Å². The lowest BCUT2D eigenvalue weighted by Crippen LogP contribution is -2.16. The van der Waals surface area contributed by atoms with Gasteiger partial charge in [-0.05, 0) is 24.1 Å². The van der Waals surface area contributed by atoms with Gasteiger partial charge in [0.2, 0.25) is 0 Å². The normalized spacial score (nSPS) is 12.3. The van der Waals surface area contributed by atoms with Crippen LogP contribution in [0.2, 0.25) is 0 Å². The molecule has 1 rings (SSSR count). The minimum atomic E-state index is -4.52. The SMILES string of the molecule is O=C(O)CCc1ccc(S(=O)(=O)CCC(F)(F)F)cc1. The van der Waals surface area contributed by atoms with Gasteiger partial charge in [-0.1, -0.05) is 12.1 Å². The Hall–Kier alpha value is -1.57. The Balaban J connectivity index is 2.74. The molecular formula is C12H13F3O4S. The van der Waals surface area contributed by atoms with Gasteiger partial charge in [-0.2, -0.15) is 13.2 Å². The Morgan fingerprint density at radius 1 is 1.15 bits per heavy atom. The predicted molar refractivity (Wildman–Crippen MR) is 65.1 cm³/mol. The molecule has 8 heteroatoms. The van der Waals surface area contributed by atoms with E-state index in [0.29, 0.717) is 5.56 Å². The maximum atomic E-state index is 12.0. The molecule has 0 bridgehead atoms. The van der Waals surface area contributed by atoms with Crippen molar-refractivity contribution >= 4 is 15.8 Å².